The van der Waals surface area contributed by atoms with Crippen molar-refractivity contribution in [3.05, 3.63) is 0 Å². The van der Waals surface area contributed by atoms with E-state index in [0.29, 0.717) is 12.1 Å². The van der Waals surface area contributed by atoms with E-state index in [1.165, 1.54) is 32.1 Å². The Balaban J connectivity index is 2.73. The average molecular weight is 269 g/mol. The second-order valence-electron chi connectivity index (χ2n) is 6.80. The summed E-state index contributed by atoms with van der Waals surface area (Å²) in [5.74, 6) is 1.54. The zero-order chi connectivity index (χ0) is 14.4. The Labute approximate surface area is 120 Å². The summed E-state index contributed by atoms with van der Waals surface area (Å²) >= 11 is 0. The first-order valence-electron chi connectivity index (χ1n) is 8.44. The number of aliphatic hydroxyl groups is 1. The van der Waals surface area contributed by atoms with E-state index in [2.05, 4.69) is 39.5 Å². The van der Waals surface area contributed by atoms with Gasteiger partial charge in [0.15, 0.2) is 0 Å². The zero-order valence-electron chi connectivity index (χ0n) is 13.7. The Morgan fingerprint density at radius 1 is 1.16 bits per heavy atom. The fourth-order valence-electron chi connectivity index (χ4n) is 3.41. The van der Waals surface area contributed by atoms with Gasteiger partial charge in [-0.25, -0.2) is 0 Å². The third-order valence-corrected chi connectivity index (χ3v) is 5.12. The maximum Gasteiger partial charge on any atom is 0.0695 e. The molecule has 4 atom stereocenters. The van der Waals surface area contributed by atoms with Crippen LogP contribution in [-0.2, 0) is 0 Å². The molecule has 0 bridgehead atoms. The van der Waals surface area contributed by atoms with Crippen molar-refractivity contribution in [3.63, 3.8) is 0 Å². The number of hydrogen-bond donors (Lipinski definition) is 1. The fraction of sp³-hybridized carbons (Fsp3) is 1.00. The maximum atomic E-state index is 10.4. The quantitative estimate of drug-likeness (QED) is 0.753. The highest BCUT2D eigenvalue weighted by Crippen LogP contribution is 2.34. The molecule has 0 aromatic carbocycles. The van der Waals surface area contributed by atoms with Gasteiger partial charge < -0.3 is 5.11 Å². The van der Waals surface area contributed by atoms with Gasteiger partial charge in [-0.15, -0.1) is 0 Å². The zero-order valence-corrected chi connectivity index (χ0v) is 13.7. The summed E-state index contributed by atoms with van der Waals surface area (Å²) in [4.78, 5) is 2.60. The highest BCUT2D eigenvalue weighted by atomic mass is 16.3. The molecule has 0 aromatic heterocycles. The molecule has 0 radical (unpaired) electrons. The Morgan fingerprint density at radius 2 is 1.84 bits per heavy atom. The monoisotopic (exact) mass is 269 g/mol. The standard InChI is InChI=1S/C17H35NO/c1-6-8-11-18(14(5)7-2)16-12-15(13(3)4)9-10-17(16)19/h13-17,19H,6-12H2,1-5H3. The summed E-state index contributed by atoms with van der Waals surface area (Å²) in [6, 6.07) is 0.986. The maximum absolute atomic E-state index is 10.4. The van der Waals surface area contributed by atoms with Gasteiger partial charge in [0.2, 0.25) is 0 Å². The minimum atomic E-state index is -0.110. The van der Waals surface area contributed by atoms with Crippen LogP contribution in [0, 0.1) is 11.8 Å². The van der Waals surface area contributed by atoms with Crippen LogP contribution in [0.2, 0.25) is 0 Å². The topological polar surface area (TPSA) is 23.5 Å². The van der Waals surface area contributed by atoms with Crippen molar-refractivity contribution in [2.45, 2.75) is 91.3 Å². The molecule has 1 saturated carbocycles. The van der Waals surface area contributed by atoms with Gasteiger partial charge in [-0.2, -0.15) is 0 Å². The number of rotatable bonds is 7. The molecule has 0 aromatic rings. The molecule has 2 nitrogen and oxygen atoms in total. The first-order chi connectivity index (χ1) is 9.01. The lowest BCUT2D eigenvalue weighted by molar-refractivity contribution is -0.0213. The molecule has 1 fully saturated rings. The van der Waals surface area contributed by atoms with Gasteiger partial charge in [0.1, 0.15) is 0 Å². The van der Waals surface area contributed by atoms with E-state index in [9.17, 15) is 5.11 Å². The van der Waals surface area contributed by atoms with Gasteiger partial charge in [0.05, 0.1) is 6.10 Å². The molecule has 114 valence electrons. The van der Waals surface area contributed by atoms with Crippen molar-refractivity contribution in [2.75, 3.05) is 6.54 Å². The van der Waals surface area contributed by atoms with Gasteiger partial charge in [-0.3, -0.25) is 4.90 Å². The van der Waals surface area contributed by atoms with Crippen molar-refractivity contribution < 1.29 is 5.11 Å². The molecule has 0 saturated heterocycles. The van der Waals surface area contributed by atoms with Crippen LogP contribution in [0.1, 0.15) is 73.1 Å². The molecule has 0 amide bonds. The second kappa shape index (κ2) is 8.26. The average Bonchev–Trinajstić information content (AvgIpc) is 2.40. The minimum Gasteiger partial charge on any atom is -0.391 e. The van der Waals surface area contributed by atoms with E-state index in [1.54, 1.807) is 0 Å². The van der Waals surface area contributed by atoms with E-state index >= 15 is 0 Å². The molecule has 1 aliphatic rings. The third-order valence-electron chi connectivity index (χ3n) is 5.12. The van der Waals surface area contributed by atoms with Crippen LogP contribution in [0.5, 0.6) is 0 Å². The van der Waals surface area contributed by atoms with Crippen molar-refractivity contribution in [3.8, 4) is 0 Å². The molecule has 0 heterocycles. The van der Waals surface area contributed by atoms with Crippen molar-refractivity contribution in [1.82, 2.24) is 4.90 Å². The van der Waals surface area contributed by atoms with E-state index in [-0.39, 0.29) is 6.10 Å². The Morgan fingerprint density at radius 3 is 2.37 bits per heavy atom. The molecular formula is C17H35NO. The van der Waals surface area contributed by atoms with E-state index in [1.807, 2.05) is 0 Å². The first kappa shape index (κ1) is 17.0. The van der Waals surface area contributed by atoms with E-state index < -0.39 is 0 Å². The summed E-state index contributed by atoms with van der Waals surface area (Å²) in [5.41, 5.74) is 0. The Bertz CT molecular complexity index is 241. The van der Waals surface area contributed by atoms with Gasteiger partial charge in [0, 0.05) is 12.1 Å². The SMILES string of the molecule is CCCCN(C(C)CC)C1CC(C(C)C)CCC1O. The fourth-order valence-corrected chi connectivity index (χ4v) is 3.41. The van der Waals surface area contributed by atoms with Crippen LogP contribution in [0.25, 0.3) is 0 Å². The van der Waals surface area contributed by atoms with Crippen molar-refractivity contribution >= 4 is 0 Å². The molecule has 0 aliphatic heterocycles. The molecule has 19 heavy (non-hydrogen) atoms. The largest absolute Gasteiger partial charge is 0.391 e. The minimum absolute atomic E-state index is 0.110. The van der Waals surface area contributed by atoms with E-state index in [4.69, 9.17) is 0 Å². The number of aliphatic hydroxyl groups excluding tert-OH is 1. The van der Waals surface area contributed by atoms with Gasteiger partial charge in [-0.05, 0) is 57.4 Å². The van der Waals surface area contributed by atoms with Crippen LogP contribution in [0.3, 0.4) is 0 Å². The highest BCUT2D eigenvalue weighted by Gasteiger charge is 2.35. The van der Waals surface area contributed by atoms with Gasteiger partial charge >= 0.3 is 0 Å². The van der Waals surface area contributed by atoms with Crippen LogP contribution >= 0.6 is 0 Å². The molecule has 1 aliphatic carbocycles. The normalized spacial score (nSPS) is 30.0. The molecule has 2 heteroatoms. The molecule has 1 rings (SSSR count). The molecule has 4 unspecified atom stereocenters. The van der Waals surface area contributed by atoms with Gasteiger partial charge in [0.25, 0.3) is 0 Å². The van der Waals surface area contributed by atoms with Crippen molar-refractivity contribution in [1.29, 1.82) is 0 Å². The first-order valence-corrected chi connectivity index (χ1v) is 8.44. The smallest absolute Gasteiger partial charge is 0.0695 e. The molecule has 1 N–H and O–H groups in total. The molecular weight excluding hydrogens is 234 g/mol. The lowest BCUT2D eigenvalue weighted by Gasteiger charge is -2.44. The predicted octanol–water partition coefficient (Wildman–Crippen LogP) is 4.07. The van der Waals surface area contributed by atoms with E-state index in [0.717, 1.165) is 24.8 Å². The summed E-state index contributed by atoms with van der Waals surface area (Å²) in [5, 5.41) is 10.4. The number of nitrogens with zero attached hydrogens (tertiary/aromatic N) is 1. The summed E-state index contributed by atoms with van der Waals surface area (Å²) in [6.45, 7) is 12.7. The highest BCUT2D eigenvalue weighted by molar-refractivity contribution is 4.89. The molecule has 0 spiro atoms. The van der Waals surface area contributed by atoms with Crippen LogP contribution in [0.4, 0.5) is 0 Å². The van der Waals surface area contributed by atoms with Crippen molar-refractivity contribution in [2.24, 2.45) is 11.8 Å². The van der Waals surface area contributed by atoms with Gasteiger partial charge in [-0.1, -0.05) is 34.1 Å². The van der Waals surface area contributed by atoms with Crippen LogP contribution < -0.4 is 0 Å². The Hall–Kier alpha value is -0.0800. The van der Waals surface area contributed by atoms with Crippen LogP contribution in [-0.4, -0.2) is 34.7 Å². The lowest BCUT2D eigenvalue weighted by atomic mass is 9.77. The number of unbranched alkanes of at least 4 members (excludes halogenated alkanes) is 1. The Kier molecular flexibility index (Phi) is 7.38. The summed E-state index contributed by atoms with van der Waals surface area (Å²) in [7, 11) is 0. The summed E-state index contributed by atoms with van der Waals surface area (Å²) < 4.78 is 0. The number of hydrogen-bond acceptors (Lipinski definition) is 2. The summed E-state index contributed by atoms with van der Waals surface area (Å²) in [6.07, 6.45) is 6.94. The van der Waals surface area contributed by atoms with Crippen LogP contribution in [0.15, 0.2) is 0 Å². The lowest BCUT2D eigenvalue weighted by Crippen LogP contribution is -2.51. The third kappa shape index (κ3) is 4.75. The predicted molar refractivity (Wildman–Crippen MR) is 83.3 cm³/mol. The second-order valence-corrected chi connectivity index (χ2v) is 6.80.